The summed E-state index contributed by atoms with van der Waals surface area (Å²) in [4.78, 5) is 24.9. The largest absolute Gasteiger partial charge is 0.605 e. The van der Waals surface area contributed by atoms with Gasteiger partial charge in [0.05, 0.1) is 13.1 Å². The standard InChI is InChI=1S/C13H22BNO4/c1-5-6-11(7-10(2)3)14-18-12(16)8-15(4)9-13(17)19-14/h5-6,10-11H,7-9H2,1-4H3. The molecule has 0 aromatic rings. The molecule has 5 nitrogen and oxygen atoms in total. The molecule has 0 radical (unpaired) electrons. The minimum Gasteiger partial charge on any atom is -0.498 e. The van der Waals surface area contributed by atoms with Crippen LogP contribution in [0.2, 0.25) is 5.82 Å². The lowest BCUT2D eigenvalue weighted by Crippen LogP contribution is -2.44. The number of allylic oxidation sites excluding steroid dienone is 2. The molecular formula is C13H22BNO4. The normalized spacial score (nSPS) is 20.2. The Morgan fingerprint density at radius 1 is 1.26 bits per heavy atom. The molecule has 0 saturated carbocycles. The first-order valence-corrected chi connectivity index (χ1v) is 6.62. The topological polar surface area (TPSA) is 55.8 Å². The van der Waals surface area contributed by atoms with Crippen LogP contribution in [0.25, 0.3) is 0 Å². The van der Waals surface area contributed by atoms with E-state index in [9.17, 15) is 9.59 Å². The van der Waals surface area contributed by atoms with Gasteiger partial charge in [-0.25, -0.2) is 0 Å². The zero-order chi connectivity index (χ0) is 14.4. The average molecular weight is 267 g/mol. The summed E-state index contributed by atoms with van der Waals surface area (Å²) in [5, 5.41) is 0. The highest BCUT2D eigenvalue weighted by Gasteiger charge is 2.38. The number of nitrogens with zero attached hydrogens (tertiary/aromatic N) is 1. The summed E-state index contributed by atoms with van der Waals surface area (Å²) in [6.45, 7) is 6.27. The molecule has 1 atom stereocenters. The average Bonchev–Trinajstić information content (AvgIpc) is 2.24. The highest BCUT2D eigenvalue weighted by Crippen LogP contribution is 2.25. The van der Waals surface area contributed by atoms with Gasteiger partial charge in [0.15, 0.2) is 0 Å². The van der Waals surface area contributed by atoms with Crippen LogP contribution in [0.3, 0.4) is 0 Å². The quantitative estimate of drug-likeness (QED) is 0.570. The Bertz CT molecular complexity index is 337. The number of likely N-dealkylation sites (N-methyl/N-ethyl adjacent to an activating group) is 1. The molecule has 0 spiro atoms. The maximum atomic E-state index is 11.7. The Hall–Kier alpha value is -1.30. The fourth-order valence-electron chi connectivity index (χ4n) is 2.10. The van der Waals surface area contributed by atoms with Crippen LogP contribution in [-0.2, 0) is 18.9 Å². The van der Waals surface area contributed by atoms with E-state index in [0.29, 0.717) is 5.92 Å². The zero-order valence-corrected chi connectivity index (χ0v) is 12.1. The number of carbonyl (C=O) groups is 2. The summed E-state index contributed by atoms with van der Waals surface area (Å²) in [6.07, 6.45) is 4.61. The number of hydrogen-bond acceptors (Lipinski definition) is 5. The summed E-state index contributed by atoms with van der Waals surface area (Å²) in [5.41, 5.74) is 0. The van der Waals surface area contributed by atoms with Gasteiger partial charge in [-0.05, 0) is 26.3 Å². The molecule has 0 aromatic heterocycles. The molecule has 1 aliphatic rings. The maximum absolute atomic E-state index is 11.7. The highest BCUT2D eigenvalue weighted by molar-refractivity contribution is 6.51. The van der Waals surface area contributed by atoms with Gasteiger partial charge in [0, 0.05) is 5.82 Å². The van der Waals surface area contributed by atoms with E-state index < -0.39 is 7.12 Å². The van der Waals surface area contributed by atoms with Gasteiger partial charge in [0.25, 0.3) is 0 Å². The summed E-state index contributed by atoms with van der Waals surface area (Å²) in [7, 11) is 0.868. The first kappa shape index (κ1) is 15.8. The molecular weight excluding hydrogens is 245 g/mol. The highest BCUT2D eigenvalue weighted by atomic mass is 16.6. The van der Waals surface area contributed by atoms with E-state index >= 15 is 0 Å². The van der Waals surface area contributed by atoms with Crippen molar-refractivity contribution in [2.45, 2.75) is 33.0 Å². The van der Waals surface area contributed by atoms with E-state index in [1.165, 1.54) is 0 Å². The van der Waals surface area contributed by atoms with Gasteiger partial charge >= 0.3 is 19.1 Å². The van der Waals surface area contributed by atoms with Gasteiger partial charge in [-0.1, -0.05) is 26.0 Å². The molecule has 1 fully saturated rings. The minimum absolute atomic E-state index is 0.0960. The van der Waals surface area contributed by atoms with Crippen molar-refractivity contribution >= 4 is 19.1 Å². The van der Waals surface area contributed by atoms with E-state index in [4.69, 9.17) is 9.31 Å². The van der Waals surface area contributed by atoms with Gasteiger partial charge < -0.3 is 9.31 Å². The number of carbonyl (C=O) groups excluding carboxylic acids is 2. The Morgan fingerprint density at radius 2 is 1.79 bits per heavy atom. The van der Waals surface area contributed by atoms with Crippen LogP contribution in [0.4, 0.5) is 0 Å². The lowest BCUT2D eigenvalue weighted by molar-refractivity contribution is -0.145. The van der Waals surface area contributed by atoms with Crippen LogP contribution in [-0.4, -0.2) is 44.1 Å². The van der Waals surface area contributed by atoms with E-state index in [0.717, 1.165) is 6.42 Å². The third kappa shape index (κ3) is 5.47. The molecule has 6 heteroatoms. The first-order valence-electron chi connectivity index (χ1n) is 6.62. The first-order chi connectivity index (χ1) is 8.92. The van der Waals surface area contributed by atoms with E-state index in [-0.39, 0.29) is 30.8 Å². The molecule has 0 N–H and O–H groups in total. The summed E-state index contributed by atoms with van der Waals surface area (Å²) >= 11 is 0. The fourth-order valence-corrected chi connectivity index (χ4v) is 2.10. The molecule has 19 heavy (non-hydrogen) atoms. The summed E-state index contributed by atoms with van der Waals surface area (Å²) in [5.74, 6) is -0.399. The molecule has 0 aromatic carbocycles. The van der Waals surface area contributed by atoms with Crippen molar-refractivity contribution in [1.29, 1.82) is 0 Å². The summed E-state index contributed by atoms with van der Waals surface area (Å²) < 4.78 is 10.5. The predicted octanol–water partition coefficient (Wildman–Crippen LogP) is 1.50. The van der Waals surface area contributed by atoms with Crippen LogP contribution >= 0.6 is 0 Å². The van der Waals surface area contributed by atoms with Gasteiger partial charge in [-0.2, -0.15) is 0 Å². The van der Waals surface area contributed by atoms with Crippen LogP contribution in [0, 0.1) is 5.92 Å². The lowest BCUT2D eigenvalue weighted by atomic mass is 9.67. The minimum atomic E-state index is -0.813. The van der Waals surface area contributed by atoms with Gasteiger partial charge in [0.1, 0.15) is 0 Å². The SMILES string of the molecule is CC=CC(CC(C)C)B1OC(=O)CN(C)CC(=O)O1. The van der Waals surface area contributed by atoms with Crippen molar-refractivity contribution in [1.82, 2.24) is 4.90 Å². The van der Waals surface area contributed by atoms with Crippen molar-refractivity contribution in [3.8, 4) is 0 Å². The third-order valence-corrected chi connectivity index (χ3v) is 2.83. The van der Waals surface area contributed by atoms with Gasteiger partial charge in [-0.3, -0.25) is 14.5 Å². The Balaban J connectivity index is 2.80. The fraction of sp³-hybridized carbons (Fsp3) is 0.692. The van der Waals surface area contributed by atoms with Crippen LogP contribution < -0.4 is 0 Å². The molecule has 1 saturated heterocycles. The van der Waals surface area contributed by atoms with E-state index in [2.05, 4.69) is 13.8 Å². The second-order valence-corrected chi connectivity index (χ2v) is 5.34. The smallest absolute Gasteiger partial charge is 0.498 e. The Kier molecular flexibility index (Phi) is 6.08. The Morgan fingerprint density at radius 3 is 2.21 bits per heavy atom. The zero-order valence-electron chi connectivity index (χ0n) is 12.1. The molecule has 1 heterocycles. The van der Waals surface area contributed by atoms with Crippen molar-refractivity contribution < 1.29 is 18.9 Å². The van der Waals surface area contributed by atoms with Crippen molar-refractivity contribution in [3.05, 3.63) is 12.2 Å². The molecule has 1 unspecified atom stereocenters. The Labute approximate surface area is 115 Å². The van der Waals surface area contributed by atoms with Gasteiger partial charge in [-0.15, -0.1) is 0 Å². The van der Waals surface area contributed by atoms with E-state index in [1.54, 1.807) is 11.9 Å². The van der Waals surface area contributed by atoms with Crippen LogP contribution in [0.1, 0.15) is 27.2 Å². The molecule has 1 aliphatic heterocycles. The predicted molar refractivity (Wildman–Crippen MR) is 73.5 cm³/mol. The van der Waals surface area contributed by atoms with Crippen molar-refractivity contribution in [2.24, 2.45) is 5.92 Å². The van der Waals surface area contributed by atoms with Crippen molar-refractivity contribution in [3.63, 3.8) is 0 Å². The van der Waals surface area contributed by atoms with Gasteiger partial charge in [0.2, 0.25) is 0 Å². The molecule has 0 amide bonds. The monoisotopic (exact) mass is 267 g/mol. The molecule has 1 rings (SSSR count). The molecule has 106 valence electrons. The number of rotatable bonds is 4. The van der Waals surface area contributed by atoms with Crippen molar-refractivity contribution in [2.75, 3.05) is 20.1 Å². The maximum Gasteiger partial charge on any atom is 0.605 e. The second kappa shape index (κ2) is 7.33. The molecule has 0 bridgehead atoms. The summed E-state index contributed by atoms with van der Waals surface area (Å²) in [6, 6.07) is 0. The molecule has 0 aliphatic carbocycles. The number of hydrogen-bond donors (Lipinski definition) is 0. The van der Waals surface area contributed by atoms with Crippen LogP contribution in [0.15, 0.2) is 12.2 Å². The third-order valence-electron chi connectivity index (χ3n) is 2.83. The van der Waals surface area contributed by atoms with Crippen LogP contribution in [0.5, 0.6) is 0 Å². The van der Waals surface area contributed by atoms with E-state index in [1.807, 2.05) is 19.1 Å². The second-order valence-electron chi connectivity index (χ2n) is 5.34. The lowest BCUT2D eigenvalue weighted by Gasteiger charge is -2.26.